The van der Waals surface area contributed by atoms with Crippen LogP contribution in [0.4, 0.5) is 11.4 Å². The predicted octanol–water partition coefficient (Wildman–Crippen LogP) is 1.74. The quantitative estimate of drug-likeness (QED) is 0.750. The fourth-order valence-corrected chi connectivity index (χ4v) is 2.58. The zero-order chi connectivity index (χ0) is 12.0. The van der Waals surface area contributed by atoms with Crippen molar-refractivity contribution >= 4 is 28.9 Å². The molecule has 3 rings (SSSR count). The van der Waals surface area contributed by atoms with Crippen molar-refractivity contribution in [3.63, 3.8) is 0 Å². The lowest BCUT2D eigenvalue weighted by molar-refractivity contribution is -0.115. The van der Waals surface area contributed by atoms with E-state index in [1.165, 1.54) is 0 Å². The van der Waals surface area contributed by atoms with Crippen LogP contribution in [-0.2, 0) is 11.2 Å². The van der Waals surface area contributed by atoms with Gasteiger partial charge in [-0.3, -0.25) is 4.79 Å². The molecule has 1 aliphatic heterocycles. The third kappa shape index (κ3) is 1.98. The molecule has 1 saturated carbocycles. The van der Waals surface area contributed by atoms with Crippen LogP contribution in [0.1, 0.15) is 18.4 Å². The maximum atomic E-state index is 11.3. The zero-order valence-corrected chi connectivity index (χ0v) is 10.1. The van der Waals surface area contributed by atoms with Crippen molar-refractivity contribution in [3.8, 4) is 0 Å². The van der Waals surface area contributed by atoms with Crippen molar-refractivity contribution in [2.75, 3.05) is 10.6 Å². The molecule has 4 nitrogen and oxygen atoms in total. The highest BCUT2D eigenvalue weighted by molar-refractivity contribution is 6.33. The van der Waals surface area contributed by atoms with E-state index in [2.05, 4.69) is 10.6 Å². The highest BCUT2D eigenvalue weighted by Gasteiger charge is 2.27. The highest BCUT2D eigenvalue weighted by Crippen LogP contribution is 2.34. The lowest BCUT2D eigenvalue weighted by Gasteiger charge is -2.34. The number of benzene rings is 1. The number of nitrogens with two attached hydrogens (primary N) is 1. The van der Waals surface area contributed by atoms with Gasteiger partial charge in [0.25, 0.3) is 0 Å². The largest absolute Gasteiger partial charge is 0.381 e. The first-order valence-electron chi connectivity index (χ1n) is 5.76. The number of amides is 1. The summed E-state index contributed by atoms with van der Waals surface area (Å²) in [5, 5.41) is 6.80. The predicted molar refractivity (Wildman–Crippen MR) is 68.4 cm³/mol. The van der Waals surface area contributed by atoms with E-state index in [1.807, 2.05) is 12.1 Å². The summed E-state index contributed by atoms with van der Waals surface area (Å²) in [5.74, 6) is 0.0267. The number of fused-ring (bicyclic) bond motifs is 1. The van der Waals surface area contributed by atoms with Crippen LogP contribution < -0.4 is 16.4 Å². The number of rotatable bonds is 2. The zero-order valence-electron chi connectivity index (χ0n) is 9.29. The molecular formula is C12H14ClN3O. The van der Waals surface area contributed by atoms with E-state index in [9.17, 15) is 4.79 Å². The Labute approximate surface area is 105 Å². The van der Waals surface area contributed by atoms with E-state index in [4.69, 9.17) is 17.3 Å². The summed E-state index contributed by atoms with van der Waals surface area (Å²) in [6, 6.07) is 4.48. The van der Waals surface area contributed by atoms with E-state index < -0.39 is 0 Å². The molecule has 17 heavy (non-hydrogen) atoms. The number of hydrogen-bond acceptors (Lipinski definition) is 3. The maximum Gasteiger partial charge on any atom is 0.228 e. The lowest BCUT2D eigenvalue weighted by atomic mass is 9.87. The van der Waals surface area contributed by atoms with Crippen LogP contribution in [0.25, 0.3) is 0 Å². The molecule has 1 aliphatic carbocycles. The van der Waals surface area contributed by atoms with Crippen molar-refractivity contribution in [1.82, 2.24) is 0 Å². The molecular weight excluding hydrogens is 238 g/mol. The summed E-state index contributed by atoms with van der Waals surface area (Å²) in [6.45, 7) is 0. The molecule has 5 heteroatoms. The first kappa shape index (κ1) is 10.9. The van der Waals surface area contributed by atoms with Crippen molar-refractivity contribution in [1.29, 1.82) is 0 Å². The maximum absolute atomic E-state index is 11.3. The van der Waals surface area contributed by atoms with E-state index in [-0.39, 0.29) is 5.91 Å². The van der Waals surface area contributed by atoms with Gasteiger partial charge in [0.05, 0.1) is 17.1 Å². The average molecular weight is 252 g/mol. The van der Waals surface area contributed by atoms with Crippen molar-refractivity contribution in [2.45, 2.75) is 31.3 Å². The number of hydrogen-bond donors (Lipinski definition) is 3. The second kappa shape index (κ2) is 3.89. The third-order valence-corrected chi connectivity index (χ3v) is 3.66. The molecule has 2 aliphatic rings. The second-order valence-corrected chi connectivity index (χ2v) is 5.19. The lowest BCUT2D eigenvalue weighted by Crippen LogP contribution is -2.44. The Balaban J connectivity index is 1.81. The Morgan fingerprint density at radius 2 is 2.18 bits per heavy atom. The molecule has 0 radical (unpaired) electrons. The van der Waals surface area contributed by atoms with E-state index >= 15 is 0 Å². The Morgan fingerprint density at radius 1 is 1.41 bits per heavy atom. The van der Waals surface area contributed by atoms with Crippen LogP contribution in [0.3, 0.4) is 0 Å². The average Bonchev–Trinajstić information content (AvgIpc) is 2.55. The molecule has 0 aromatic heterocycles. The first-order chi connectivity index (χ1) is 8.11. The topological polar surface area (TPSA) is 67.2 Å². The van der Waals surface area contributed by atoms with Crippen molar-refractivity contribution in [3.05, 3.63) is 22.7 Å². The van der Waals surface area contributed by atoms with E-state index in [0.717, 1.165) is 29.8 Å². The molecule has 1 fully saturated rings. The Hall–Kier alpha value is -1.26. The van der Waals surface area contributed by atoms with Gasteiger partial charge in [-0.25, -0.2) is 0 Å². The fraction of sp³-hybridized carbons (Fsp3) is 0.417. The van der Waals surface area contributed by atoms with Gasteiger partial charge in [0.2, 0.25) is 5.91 Å². The monoisotopic (exact) mass is 251 g/mol. The summed E-state index contributed by atoms with van der Waals surface area (Å²) < 4.78 is 0. The number of anilines is 2. The van der Waals surface area contributed by atoms with Gasteiger partial charge in [-0.15, -0.1) is 0 Å². The normalized spacial score (nSPS) is 26.1. The molecule has 1 aromatic carbocycles. The molecule has 0 atom stereocenters. The molecule has 0 saturated heterocycles. The minimum Gasteiger partial charge on any atom is -0.381 e. The summed E-state index contributed by atoms with van der Waals surface area (Å²) in [7, 11) is 0. The van der Waals surface area contributed by atoms with E-state index in [0.29, 0.717) is 23.5 Å². The summed E-state index contributed by atoms with van der Waals surface area (Å²) in [6.07, 6.45) is 2.39. The molecule has 90 valence electrons. The SMILES string of the molecule is NC1CC(Nc2cc3c(cc2Cl)NC(=O)C3)C1. The van der Waals surface area contributed by atoms with Crippen LogP contribution in [0.5, 0.6) is 0 Å². The highest BCUT2D eigenvalue weighted by atomic mass is 35.5. The molecule has 1 amide bonds. The number of halogens is 1. The fourth-order valence-electron chi connectivity index (χ4n) is 2.36. The summed E-state index contributed by atoms with van der Waals surface area (Å²) in [4.78, 5) is 11.3. The van der Waals surface area contributed by atoms with Gasteiger partial charge in [0.1, 0.15) is 0 Å². The van der Waals surface area contributed by atoms with Crippen LogP contribution in [0, 0.1) is 0 Å². The van der Waals surface area contributed by atoms with Gasteiger partial charge < -0.3 is 16.4 Å². The van der Waals surface area contributed by atoms with Crippen LogP contribution in [0.2, 0.25) is 5.02 Å². The smallest absolute Gasteiger partial charge is 0.228 e. The minimum absolute atomic E-state index is 0.0267. The molecule has 1 heterocycles. The van der Waals surface area contributed by atoms with Gasteiger partial charge in [0.15, 0.2) is 0 Å². The number of nitrogens with one attached hydrogen (secondary N) is 2. The van der Waals surface area contributed by atoms with Gasteiger partial charge in [-0.1, -0.05) is 11.6 Å². The van der Waals surface area contributed by atoms with Gasteiger partial charge >= 0.3 is 0 Å². The number of carbonyl (C=O) groups excluding carboxylic acids is 1. The van der Waals surface area contributed by atoms with Crippen LogP contribution in [0.15, 0.2) is 12.1 Å². The Kier molecular flexibility index (Phi) is 2.49. The van der Waals surface area contributed by atoms with Crippen molar-refractivity contribution < 1.29 is 4.79 Å². The van der Waals surface area contributed by atoms with Gasteiger partial charge in [0, 0.05) is 17.8 Å². The molecule has 4 N–H and O–H groups in total. The Morgan fingerprint density at radius 3 is 2.88 bits per heavy atom. The molecule has 0 bridgehead atoms. The Bertz CT molecular complexity index is 483. The standard InChI is InChI=1S/C12H14ClN3O/c13-9-5-10-6(2-12(17)16-10)1-11(9)15-8-3-7(14)4-8/h1,5,7-8,15H,2-4,14H2,(H,16,17). The van der Waals surface area contributed by atoms with Gasteiger partial charge in [-0.2, -0.15) is 0 Å². The van der Waals surface area contributed by atoms with Crippen LogP contribution in [-0.4, -0.2) is 18.0 Å². The van der Waals surface area contributed by atoms with Gasteiger partial charge in [-0.05, 0) is 30.5 Å². The first-order valence-corrected chi connectivity index (χ1v) is 6.14. The van der Waals surface area contributed by atoms with E-state index in [1.54, 1.807) is 0 Å². The summed E-state index contributed by atoms with van der Waals surface area (Å²) in [5.41, 5.74) is 8.48. The number of carbonyl (C=O) groups is 1. The van der Waals surface area contributed by atoms with Crippen LogP contribution >= 0.6 is 11.6 Å². The molecule has 0 unspecified atom stereocenters. The molecule has 1 aromatic rings. The summed E-state index contributed by atoms with van der Waals surface area (Å²) >= 11 is 6.17. The third-order valence-electron chi connectivity index (χ3n) is 3.35. The minimum atomic E-state index is 0.0267. The molecule has 0 spiro atoms. The second-order valence-electron chi connectivity index (χ2n) is 4.79. The van der Waals surface area contributed by atoms with Crippen molar-refractivity contribution in [2.24, 2.45) is 5.73 Å².